The molecule has 1 aliphatic heterocycles. The maximum absolute atomic E-state index is 12.2. The second kappa shape index (κ2) is 6.26. The van der Waals surface area contributed by atoms with E-state index in [1.54, 1.807) is 10.9 Å². The molecule has 6 heteroatoms. The highest BCUT2D eigenvalue weighted by Crippen LogP contribution is 2.18. The van der Waals surface area contributed by atoms with E-state index in [-0.39, 0.29) is 12.1 Å². The normalized spacial score (nSPS) is 20.4. The predicted molar refractivity (Wildman–Crippen MR) is 78.4 cm³/mol. The average molecular weight is 279 g/mol. The van der Waals surface area contributed by atoms with E-state index in [4.69, 9.17) is 0 Å². The molecule has 0 spiro atoms. The molecular formula is C14H25N5O. The maximum Gasteiger partial charge on any atom is 0.317 e. The van der Waals surface area contributed by atoms with Gasteiger partial charge in [-0.25, -0.2) is 4.79 Å². The van der Waals surface area contributed by atoms with Crippen molar-refractivity contribution in [3.05, 3.63) is 18.0 Å². The number of aryl methyl sites for hydroxylation is 1. The second-order valence-electron chi connectivity index (χ2n) is 5.98. The van der Waals surface area contributed by atoms with Gasteiger partial charge in [0.1, 0.15) is 0 Å². The Kier molecular flexibility index (Phi) is 4.65. The van der Waals surface area contributed by atoms with E-state index in [1.807, 2.05) is 25.1 Å². The van der Waals surface area contributed by atoms with Crippen molar-refractivity contribution in [1.82, 2.24) is 24.9 Å². The summed E-state index contributed by atoms with van der Waals surface area (Å²) in [4.78, 5) is 16.3. The summed E-state index contributed by atoms with van der Waals surface area (Å²) in [5, 5.41) is 7.18. The SMILES string of the molecule is C[C@@H](NC(=O)N1CC[C@H](CN(C)C)C1)c1cnn(C)c1. The summed E-state index contributed by atoms with van der Waals surface area (Å²) in [5.74, 6) is 0.587. The van der Waals surface area contributed by atoms with Gasteiger partial charge in [0.05, 0.1) is 12.2 Å². The highest BCUT2D eigenvalue weighted by molar-refractivity contribution is 5.75. The van der Waals surface area contributed by atoms with Crippen LogP contribution in [0.1, 0.15) is 24.9 Å². The third-order valence-electron chi connectivity index (χ3n) is 3.76. The van der Waals surface area contributed by atoms with Crippen LogP contribution in [0.5, 0.6) is 0 Å². The number of amides is 2. The largest absolute Gasteiger partial charge is 0.331 e. The number of nitrogens with zero attached hydrogens (tertiary/aromatic N) is 4. The van der Waals surface area contributed by atoms with Gasteiger partial charge in [-0.1, -0.05) is 0 Å². The first-order chi connectivity index (χ1) is 9.45. The lowest BCUT2D eigenvalue weighted by Gasteiger charge is -2.21. The second-order valence-corrected chi connectivity index (χ2v) is 5.98. The Morgan fingerprint density at radius 3 is 2.95 bits per heavy atom. The van der Waals surface area contributed by atoms with Gasteiger partial charge in [-0.3, -0.25) is 4.68 Å². The number of urea groups is 1. The van der Waals surface area contributed by atoms with Crippen LogP contribution in [0, 0.1) is 5.92 Å². The molecule has 0 aliphatic carbocycles. The molecule has 0 saturated carbocycles. The molecular weight excluding hydrogens is 254 g/mol. The summed E-state index contributed by atoms with van der Waals surface area (Å²) in [7, 11) is 6.03. The van der Waals surface area contributed by atoms with E-state index in [2.05, 4.69) is 29.4 Å². The number of likely N-dealkylation sites (tertiary alicyclic amines) is 1. The van der Waals surface area contributed by atoms with Crippen molar-refractivity contribution in [3.8, 4) is 0 Å². The summed E-state index contributed by atoms with van der Waals surface area (Å²) in [6.07, 6.45) is 4.82. The molecule has 0 aromatic carbocycles. The number of rotatable bonds is 4. The van der Waals surface area contributed by atoms with Gasteiger partial charge in [-0.15, -0.1) is 0 Å². The van der Waals surface area contributed by atoms with E-state index in [1.165, 1.54) is 0 Å². The summed E-state index contributed by atoms with van der Waals surface area (Å²) in [6.45, 7) is 4.73. The van der Waals surface area contributed by atoms with Gasteiger partial charge < -0.3 is 15.1 Å². The molecule has 1 N–H and O–H groups in total. The summed E-state index contributed by atoms with van der Waals surface area (Å²) in [6, 6.07) is 0.0201. The van der Waals surface area contributed by atoms with Crippen molar-refractivity contribution in [3.63, 3.8) is 0 Å². The molecule has 1 saturated heterocycles. The van der Waals surface area contributed by atoms with E-state index in [0.29, 0.717) is 5.92 Å². The Hall–Kier alpha value is -1.56. The average Bonchev–Trinajstić information content (AvgIpc) is 2.97. The molecule has 0 unspecified atom stereocenters. The molecule has 0 bridgehead atoms. The zero-order valence-electron chi connectivity index (χ0n) is 12.8. The van der Waals surface area contributed by atoms with Gasteiger partial charge in [-0.2, -0.15) is 5.10 Å². The quantitative estimate of drug-likeness (QED) is 0.897. The Bertz CT molecular complexity index is 456. The third-order valence-corrected chi connectivity index (χ3v) is 3.76. The lowest BCUT2D eigenvalue weighted by Crippen LogP contribution is -2.40. The molecule has 1 aromatic rings. The Balaban J connectivity index is 1.83. The van der Waals surface area contributed by atoms with Crippen molar-refractivity contribution >= 4 is 6.03 Å². The number of nitrogens with one attached hydrogen (secondary N) is 1. The molecule has 2 heterocycles. The maximum atomic E-state index is 12.2. The van der Waals surface area contributed by atoms with Crippen molar-refractivity contribution in [2.45, 2.75) is 19.4 Å². The van der Waals surface area contributed by atoms with Crippen LogP contribution in [-0.2, 0) is 7.05 Å². The number of aromatic nitrogens is 2. The van der Waals surface area contributed by atoms with Crippen molar-refractivity contribution in [2.24, 2.45) is 13.0 Å². The number of hydrogen-bond acceptors (Lipinski definition) is 3. The molecule has 2 amide bonds. The van der Waals surface area contributed by atoms with Crippen LogP contribution in [0.4, 0.5) is 4.79 Å². The minimum Gasteiger partial charge on any atom is -0.331 e. The summed E-state index contributed by atoms with van der Waals surface area (Å²) >= 11 is 0. The number of carbonyl (C=O) groups is 1. The van der Waals surface area contributed by atoms with E-state index < -0.39 is 0 Å². The third kappa shape index (κ3) is 3.72. The van der Waals surface area contributed by atoms with Crippen LogP contribution < -0.4 is 5.32 Å². The minimum absolute atomic E-state index is 0.0101. The Labute approximate surface area is 120 Å². The zero-order chi connectivity index (χ0) is 14.7. The van der Waals surface area contributed by atoms with Gasteiger partial charge in [-0.05, 0) is 33.4 Å². The van der Waals surface area contributed by atoms with Gasteiger partial charge in [0.2, 0.25) is 0 Å². The number of carbonyl (C=O) groups excluding carboxylic acids is 1. The van der Waals surface area contributed by atoms with Crippen LogP contribution in [0.15, 0.2) is 12.4 Å². The van der Waals surface area contributed by atoms with Gasteiger partial charge in [0.25, 0.3) is 0 Å². The van der Waals surface area contributed by atoms with Crippen molar-refractivity contribution < 1.29 is 4.79 Å². The van der Waals surface area contributed by atoms with Crippen LogP contribution in [0.2, 0.25) is 0 Å². The van der Waals surface area contributed by atoms with Crippen molar-refractivity contribution in [1.29, 1.82) is 0 Å². The van der Waals surface area contributed by atoms with Gasteiger partial charge >= 0.3 is 6.03 Å². The Morgan fingerprint density at radius 2 is 2.35 bits per heavy atom. The summed E-state index contributed by atoms with van der Waals surface area (Å²) < 4.78 is 1.75. The molecule has 2 rings (SSSR count). The smallest absolute Gasteiger partial charge is 0.317 e. The van der Waals surface area contributed by atoms with Crippen molar-refractivity contribution in [2.75, 3.05) is 33.7 Å². The minimum atomic E-state index is -0.0101. The zero-order valence-corrected chi connectivity index (χ0v) is 12.8. The lowest BCUT2D eigenvalue weighted by molar-refractivity contribution is 0.202. The first-order valence-corrected chi connectivity index (χ1v) is 7.14. The van der Waals surface area contributed by atoms with E-state index in [9.17, 15) is 4.79 Å². The fourth-order valence-corrected chi connectivity index (χ4v) is 2.71. The van der Waals surface area contributed by atoms with E-state index >= 15 is 0 Å². The summed E-state index contributed by atoms with van der Waals surface area (Å²) in [5.41, 5.74) is 1.03. The molecule has 0 radical (unpaired) electrons. The molecule has 1 aromatic heterocycles. The number of hydrogen-bond donors (Lipinski definition) is 1. The predicted octanol–water partition coefficient (Wildman–Crippen LogP) is 1.07. The molecule has 1 fully saturated rings. The first-order valence-electron chi connectivity index (χ1n) is 7.14. The van der Waals surface area contributed by atoms with E-state index in [0.717, 1.165) is 31.6 Å². The highest BCUT2D eigenvalue weighted by atomic mass is 16.2. The fourth-order valence-electron chi connectivity index (χ4n) is 2.71. The molecule has 6 nitrogen and oxygen atoms in total. The monoisotopic (exact) mass is 279 g/mol. The lowest BCUT2D eigenvalue weighted by atomic mass is 10.1. The van der Waals surface area contributed by atoms with Crippen LogP contribution in [-0.4, -0.2) is 59.3 Å². The Morgan fingerprint density at radius 1 is 1.60 bits per heavy atom. The fraction of sp³-hybridized carbons (Fsp3) is 0.714. The van der Waals surface area contributed by atoms with Crippen LogP contribution >= 0.6 is 0 Å². The van der Waals surface area contributed by atoms with Gasteiger partial charge in [0.15, 0.2) is 0 Å². The first kappa shape index (κ1) is 14.8. The topological polar surface area (TPSA) is 53.4 Å². The molecule has 112 valence electrons. The highest BCUT2D eigenvalue weighted by Gasteiger charge is 2.27. The standard InChI is InChI=1S/C14H25N5O/c1-11(13-7-15-18(4)10-13)16-14(20)19-6-5-12(9-19)8-17(2)3/h7,10-12H,5-6,8-9H2,1-4H3,(H,16,20)/t11-,12-/m1/s1. The molecule has 2 atom stereocenters. The van der Waals surface area contributed by atoms with Gasteiger partial charge in [0, 0.05) is 38.4 Å². The molecule has 1 aliphatic rings. The molecule has 20 heavy (non-hydrogen) atoms. The van der Waals surface area contributed by atoms with Crippen LogP contribution in [0.25, 0.3) is 0 Å². The van der Waals surface area contributed by atoms with Crippen LogP contribution in [0.3, 0.4) is 0 Å².